The molecule has 0 saturated heterocycles. The Bertz CT molecular complexity index is 441. The van der Waals surface area contributed by atoms with Crippen LogP contribution in [0, 0.1) is 0 Å². The second kappa shape index (κ2) is 6.55. The fraction of sp³-hybridized carbons (Fsp3) is 0.429. The van der Waals surface area contributed by atoms with E-state index in [-0.39, 0.29) is 6.61 Å². The van der Waals surface area contributed by atoms with E-state index in [0.29, 0.717) is 10.6 Å². The first-order valence-electron chi connectivity index (χ1n) is 6.07. The summed E-state index contributed by atoms with van der Waals surface area (Å²) in [4.78, 5) is 23.3. The normalized spacial score (nSPS) is 10.2. The quantitative estimate of drug-likeness (QED) is 0.468. The van der Waals surface area contributed by atoms with E-state index >= 15 is 0 Å². The zero-order chi connectivity index (χ0) is 13.7. The van der Waals surface area contributed by atoms with Gasteiger partial charge in [0.15, 0.2) is 0 Å². The van der Waals surface area contributed by atoms with E-state index in [2.05, 4.69) is 0 Å². The first-order valence-corrected chi connectivity index (χ1v) is 6.45. The molecule has 18 heavy (non-hydrogen) atoms. The van der Waals surface area contributed by atoms with Crippen molar-refractivity contribution in [1.29, 1.82) is 0 Å². The summed E-state index contributed by atoms with van der Waals surface area (Å²) in [6.45, 7) is 5.78. The van der Waals surface area contributed by atoms with Crippen molar-refractivity contribution in [2.45, 2.75) is 33.6 Å². The lowest BCUT2D eigenvalue weighted by Crippen LogP contribution is -2.18. The predicted molar refractivity (Wildman–Crippen MR) is 71.2 cm³/mol. The Morgan fingerprint density at radius 1 is 1.11 bits per heavy atom. The molecule has 0 amide bonds. The largest absolute Gasteiger partial charge is 0.460 e. The van der Waals surface area contributed by atoms with Crippen molar-refractivity contribution in [3.05, 3.63) is 33.8 Å². The second-order valence-corrected chi connectivity index (χ2v) is 4.24. The van der Waals surface area contributed by atoms with Crippen molar-refractivity contribution < 1.29 is 14.3 Å². The van der Waals surface area contributed by atoms with Gasteiger partial charge in [-0.2, -0.15) is 0 Å². The van der Waals surface area contributed by atoms with Crippen molar-refractivity contribution in [3.8, 4) is 0 Å². The maximum atomic E-state index is 11.9. The number of rotatable bonds is 5. The predicted octanol–water partition coefficient (Wildman–Crippen LogP) is 3.21. The highest BCUT2D eigenvalue weighted by atomic mass is 35.5. The minimum atomic E-state index is -0.816. The van der Waals surface area contributed by atoms with E-state index < -0.39 is 11.8 Å². The van der Waals surface area contributed by atoms with Gasteiger partial charge in [-0.05, 0) is 43.0 Å². The molecule has 0 radical (unpaired) electrons. The van der Waals surface area contributed by atoms with Gasteiger partial charge in [-0.1, -0.05) is 25.4 Å². The van der Waals surface area contributed by atoms with Crippen molar-refractivity contribution in [2.75, 3.05) is 6.61 Å². The van der Waals surface area contributed by atoms with Crippen LogP contribution in [-0.2, 0) is 22.4 Å². The van der Waals surface area contributed by atoms with Crippen LogP contribution < -0.4 is 0 Å². The SMILES string of the molecule is CCOC(=O)C(=O)c1cc(CC)c(Cl)c(CC)c1. The maximum Gasteiger partial charge on any atom is 0.379 e. The van der Waals surface area contributed by atoms with E-state index in [1.807, 2.05) is 13.8 Å². The third-order valence-corrected chi connectivity index (χ3v) is 3.19. The van der Waals surface area contributed by atoms with Gasteiger partial charge in [-0.25, -0.2) is 4.79 Å². The number of aryl methyl sites for hydroxylation is 2. The molecule has 0 bridgehead atoms. The third-order valence-electron chi connectivity index (χ3n) is 2.71. The van der Waals surface area contributed by atoms with Gasteiger partial charge in [0.25, 0.3) is 5.78 Å². The molecule has 0 heterocycles. The smallest absolute Gasteiger partial charge is 0.379 e. The number of hydrogen-bond acceptors (Lipinski definition) is 3. The van der Waals surface area contributed by atoms with Gasteiger partial charge in [-0.15, -0.1) is 0 Å². The van der Waals surface area contributed by atoms with Crippen molar-refractivity contribution in [1.82, 2.24) is 0 Å². The summed E-state index contributed by atoms with van der Waals surface area (Å²) in [5.41, 5.74) is 2.11. The van der Waals surface area contributed by atoms with Crippen LogP contribution in [-0.4, -0.2) is 18.4 Å². The summed E-state index contributed by atoms with van der Waals surface area (Å²) in [5.74, 6) is -1.43. The third kappa shape index (κ3) is 3.10. The van der Waals surface area contributed by atoms with E-state index in [0.717, 1.165) is 24.0 Å². The highest BCUT2D eigenvalue weighted by Gasteiger charge is 2.19. The van der Waals surface area contributed by atoms with Crippen LogP contribution in [0.15, 0.2) is 12.1 Å². The number of carbonyl (C=O) groups excluding carboxylic acids is 2. The lowest BCUT2D eigenvalue weighted by molar-refractivity contribution is -0.137. The van der Waals surface area contributed by atoms with Crippen molar-refractivity contribution in [2.24, 2.45) is 0 Å². The van der Waals surface area contributed by atoms with Crippen LogP contribution in [0.1, 0.15) is 42.3 Å². The molecule has 3 nitrogen and oxygen atoms in total. The van der Waals surface area contributed by atoms with Crippen LogP contribution >= 0.6 is 11.6 Å². The van der Waals surface area contributed by atoms with E-state index in [1.54, 1.807) is 19.1 Å². The lowest BCUT2D eigenvalue weighted by Gasteiger charge is -2.10. The number of halogens is 1. The summed E-state index contributed by atoms with van der Waals surface area (Å²) in [7, 11) is 0. The summed E-state index contributed by atoms with van der Waals surface area (Å²) in [6.07, 6.45) is 1.44. The number of hydrogen-bond donors (Lipinski definition) is 0. The second-order valence-electron chi connectivity index (χ2n) is 3.87. The van der Waals surface area contributed by atoms with E-state index in [4.69, 9.17) is 16.3 Å². The highest BCUT2D eigenvalue weighted by molar-refractivity contribution is 6.41. The zero-order valence-electron chi connectivity index (χ0n) is 10.9. The number of ether oxygens (including phenoxy) is 1. The molecule has 0 N–H and O–H groups in total. The molecule has 0 unspecified atom stereocenters. The monoisotopic (exact) mass is 268 g/mol. The molecule has 0 fully saturated rings. The minimum absolute atomic E-state index is 0.194. The van der Waals surface area contributed by atoms with Crippen LogP contribution in [0.4, 0.5) is 0 Å². The molecule has 1 aromatic carbocycles. The zero-order valence-corrected chi connectivity index (χ0v) is 11.6. The first-order chi connectivity index (χ1) is 8.54. The molecule has 4 heteroatoms. The van der Waals surface area contributed by atoms with Gasteiger partial charge < -0.3 is 4.74 Å². The van der Waals surface area contributed by atoms with Gasteiger partial charge in [0, 0.05) is 10.6 Å². The lowest BCUT2D eigenvalue weighted by atomic mass is 10.00. The Morgan fingerprint density at radius 2 is 1.61 bits per heavy atom. The average molecular weight is 269 g/mol. The number of esters is 1. The Kier molecular flexibility index (Phi) is 5.35. The molecule has 1 rings (SSSR count). The number of benzene rings is 1. The van der Waals surface area contributed by atoms with E-state index in [9.17, 15) is 9.59 Å². The van der Waals surface area contributed by atoms with E-state index in [1.165, 1.54) is 0 Å². The Hall–Kier alpha value is -1.35. The molecule has 0 spiro atoms. The summed E-state index contributed by atoms with van der Waals surface area (Å²) in [5, 5.41) is 0.681. The first kappa shape index (κ1) is 14.7. The topological polar surface area (TPSA) is 43.4 Å². The van der Waals surface area contributed by atoms with Gasteiger partial charge in [0.05, 0.1) is 6.61 Å². The Balaban J connectivity index is 3.17. The molecule has 98 valence electrons. The van der Waals surface area contributed by atoms with Gasteiger partial charge >= 0.3 is 5.97 Å². The molecule has 0 aliphatic rings. The Labute approximate surface area is 112 Å². The number of Topliss-reactive ketones (excluding diaryl/α,β-unsaturated/α-hetero) is 1. The van der Waals surface area contributed by atoms with Gasteiger partial charge in [0.1, 0.15) is 0 Å². The minimum Gasteiger partial charge on any atom is -0.460 e. The summed E-state index contributed by atoms with van der Waals surface area (Å²) in [6, 6.07) is 3.33. The van der Waals surface area contributed by atoms with Crippen molar-refractivity contribution in [3.63, 3.8) is 0 Å². The van der Waals surface area contributed by atoms with Crippen LogP contribution in [0.5, 0.6) is 0 Å². The summed E-state index contributed by atoms with van der Waals surface area (Å²) >= 11 is 6.20. The van der Waals surface area contributed by atoms with Crippen molar-refractivity contribution >= 4 is 23.4 Å². The highest BCUT2D eigenvalue weighted by Crippen LogP contribution is 2.25. The molecule has 0 aliphatic carbocycles. The average Bonchev–Trinajstić information content (AvgIpc) is 2.38. The van der Waals surface area contributed by atoms with Crippen LogP contribution in [0.3, 0.4) is 0 Å². The summed E-state index contributed by atoms with van der Waals surface area (Å²) < 4.78 is 4.71. The molecule has 0 atom stereocenters. The number of carbonyl (C=O) groups is 2. The van der Waals surface area contributed by atoms with Gasteiger partial charge in [-0.3, -0.25) is 4.79 Å². The number of ketones is 1. The van der Waals surface area contributed by atoms with Crippen LogP contribution in [0.25, 0.3) is 0 Å². The standard InChI is InChI=1S/C14H17ClO3/c1-4-9-7-11(8-10(5-2)12(9)15)13(16)14(17)18-6-3/h7-8H,4-6H2,1-3H3. The molecule has 0 saturated carbocycles. The fourth-order valence-corrected chi connectivity index (χ4v) is 2.09. The Morgan fingerprint density at radius 3 is 2.00 bits per heavy atom. The van der Waals surface area contributed by atoms with Gasteiger partial charge in [0.2, 0.25) is 0 Å². The molecular formula is C14H17ClO3. The molecule has 1 aromatic rings. The molecule has 0 aliphatic heterocycles. The molecule has 0 aromatic heterocycles. The van der Waals surface area contributed by atoms with Crippen LogP contribution in [0.2, 0.25) is 5.02 Å². The maximum absolute atomic E-state index is 11.9. The fourth-order valence-electron chi connectivity index (χ4n) is 1.71. The molecular weight excluding hydrogens is 252 g/mol.